The maximum Gasteiger partial charge on any atom is 0.522 e. The summed E-state index contributed by atoms with van der Waals surface area (Å²) < 4.78 is 48.2. The van der Waals surface area contributed by atoms with E-state index in [-0.39, 0.29) is 35.3 Å². The zero-order chi connectivity index (χ0) is 19.9. The van der Waals surface area contributed by atoms with Gasteiger partial charge in [0.2, 0.25) is 5.91 Å². The molecule has 8 heteroatoms. The van der Waals surface area contributed by atoms with Crippen LogP contribution in [-0.2, 0) is 14.3 Å². The Bertz CT molecular complexity index is 567. The molecule has 0 aromatic rings. The van der Waals surface area contributed by atoms with Crippen LogP contribution in [0, 0.1) is 28.1 Å². The van der Waals surface area contributed by atoms with Gasteiger partial charge in [0, 0.05) is 30.2 Å². The molecule has 0 radical (unpaired) electrons. The van der Waals surface area contributed by atoms with E-state index in [0.29, 0.717) is 12.8 Å². The van der Waals surface area contributed by atoms with E-state index in [1.54, 1.807) is 0 Å². The van der Waals surface area contributed by atoms with Crippen LogP contribution in [0.5, 0.6) is 0 Å². The molecule has 2 saturated carbocycles. The number of nitriles is 1. The molecule has 0 aromatic carbocycles. The molecule has 0 spiro atoms. The molecule has 0 bridgehead atoms. The van der Waals surface area contributed by atoms with Crippen LogP contribution >= 0.6 is 0 Å². The summed E-state index contributed by atoms with van der Waals surface area (Å²) in [5, 5.41) is 12.0. The number of alkyl halides is 3. The second-order valence-corrected chi connectivity index (χ2v) is 8.57. The molecule has 0 saturated heterocycles. The summed E-state index contributed by atoms with van der Waals surface area (Å²) in [5.74, 6) is -0.909. The van der Waals surface area contributed by atoms with Gasteiger partial charge in [-0.2, -0.15) is 5.26 Å². The number of nitrogens with one attached hydrogen (secondary N) is 1. The first-order valence-corrected chi connectivity index (χ1v) is 8.85. The number of hydrogen-bond donors (Lipinski definition) is 1. The smallest absolute Gasteiger partial charge is 0.374 e. The van der Waals surface area contributed by atoms with Crippen LogP contribution in [0.4, 0.5) is 13.2 Å². The zero-order valence-electron chi connectivity index (χ0n) is 15.8. The van der Waals surface area contributed by atoms with Crippen molar-refractivity contribution in [2.24, 2.45) is 16.7 Å². The molecule has 0 heterocycles. The molecule has 2 aliphatic carbocycles. The van der Waals surface area contributed by atoms with Gasteiger partial charge in [0.05, 0.1) is 30.3 Å². The molecule has 2 rings (SSSR count). The number of nitrogens with zero attached hydrogens (tertiary/aromatic N) is 1. The molecule has 5 nitrogen and oxygen atoms in total. The third-order valence-corrected chi connectivity index (χ3v) is 5.71. The van der Waals surface area contributed by atoms with Gasteiger partial charge in [0.25, 0.3) is 0 Å². The van der Waals surface area contributed by atoms with Crippen molar-refractivity contribution < 1.29 is 27.4 Å². The Morgan fingerprint density at radius 2 is 1.77 bits per heavy atom. The van der Waals surface area contributed by atoms with E-state index >= 15 is 0 Å². The Labute approximate surface area is 152 Å². The van der Waals surface area contributed by atoms with Crippen molar-refractivity contribution in [2.75, 3.05) is 0 Å². The third-order valence-electron chi connectivity index (χ3n) is 5.71. The fourth-order valence-corrected chi connectivity index (χ4v) is 4.91. The van der Waals surface area contributed by atoms with Crippen LogP contribution in [-0.4, -0.2) is 36.6 Å². The summed E-state index contributed by atoms with van der Waals surface area (Å²) in [6, 6.07) is 1.82. The van der Waals surface area contributed by atoms with Crippen LogP contribution in [0.2, 0.25) is 0 Å². The Kier molecular flexibility index (Phi) is 5.65. The van der Waals surface area contributed by atoms with Crippen LogP contribution in [0.1, 0.15) is 53.9 Å². The quantitative estimate of drug-likeness (QED) is 0.815. The number of hydrogen-bond acceptors (Lipinski definition) is 4. The minimum atomic E-state index is -4.77. The first-order chi connectivity index (χ1) is 11.8. The highest BCUT2D eigenvalue weighted by Crippen LogP contribution is 2.56. The van der Waals surface area contributed by atoms with Gasteiger partial charge in [-0.25, -0.2) is 0 Å². The van der Waals surface area contributed by atoms with Gasteiger partial charge >= 0.3 is 6.36 Å². The molecule has 0 aliphatic heterocycles. The van der Waals surface area contributed by atoms with E-state index in [1.807, 2.05) is 33.8 Å². The maximum absolute atomic E-state index is 12.6. The minimum Gasteiger partial charge on any atom is -0.374 e. The Balaban J connectivity index is 2.06. The number of amides is 1. The zero-order valence-corrected chi connectivity index (χ0v) is 15.8. The number of ether oxygens (including phenoxy) is 2. The van der Waals surface area contributed by atoms with Crippen LogP contribution in [0.3, 0.4) is 0 Å². The topological polar surface area (TPSA) is 71.3 Å². The van der Waals surface area contributed by atoms with E-state index in [0.717, 1.165) is 0 Å². The summed E-state index contributed by atoms with van der Waals surface area (Å²) in [5.41, 5.74) is -0.691. The van der Waals surface area contributed by atoms with Crippen molar-refractivity contribution in [3.05, 3.63) is 0 Å². The van der Waals surface area contributed by atoms with Crippen LogP contribution < -0.4 is 5.32 Å². The molecule has 148 valence electrons. The normalized spacial score (nSPS) is 35.9. The molecule has 1 amide bonds. The Hall–Kier alpha value is -1.33. The van der Waals surface area contributed by atoms with Gasteiger partial charge in [0.1, 0.15) is 0 Å². The monoisotopic (exact) mass is 376 g/mol. The molecule has 26 heavy (non-hydrogen) atoms. The summed E-state index contributed by atoms with van der Waals surface area (Å²) in [4.78, 5) is 11.5. The van der Waals surface area contributed by atoms with E-state index in [9.17, 15) is 18.0 Å². The van der Waals surface area contributed by atoms with Crippen molar-refractivity contribution in [3.63, 3.8) is 0 Å². The first-order valence-electron chi connectivity index (χ1n) is 8.85. The highest BCUT2D eigenvalue weighted by atomic mass is 19.4. The SMILES string of the molecule is CC(=O)NC1C(C)(C)C(OC2CCC(C#N)C(OC(F)(F)F)C2)C1(C)C. The van der Waals surface area contributed by atoms with E-state index < -0.39 is 24.5 Å². The summed E-state index contributed by atoms with van der Waals surface area (Å²) in [7, 11) is 0. The van der Waals surface area contributed by atoms with Crippen molar-refractivity contribution >= 4 is 5.91 Å². The molecule has 0 aromatic heterocycles. The van der Waals surface area contributed by atoms with E-state index in [2.05, 4.69) is 10.1 Å². The molecule has 2 aliphatic rings. The first kappa shape index (κ1) is 21.0. The number of carbonyl (C=O) groups excluding carboxylic acids is 1. The van der Waals surface area contributed by atoms with Crippen molar-refractivity contribution in [2.45, 2.75) is 84.6 Å². The fraction of sp³-hybridized carbons (Fsp3) is 0.889. The van der Waals surface area contributed by atoms with E-state index in [1.165, 1.54) is 6.92 Å². The fourth-order valence-electron chi connectivity index (χ4n) is 4.91. The van der Waals surface area contributed by atoms with Crippen molar-refractivity contribution in [1.29, 1.82) is 5.26 Å². The van der Waals surface area contributed by atoms with Crippen LogP contribution in [0.25, 0.3) is 0 Å². The molecular weight excluding hydrogens is 349 g/mol. The maximum atomic E-state index is 12.6. The molecule has 3 atom stereocenters. The molecule has 1 N–H and O–H groups in total. The summed E-state index contributed by atoms with van der Waals surface area (Å²) in [6.07, 6.45) is -5.75. The Morgan fingerprint density at radius 3 is 2.23 bits per heavy atom. The average Bonchev–Trinajstić information content (AvgIpc) is 2.48. The second kappa shape index (κ2) is 7.01. The number of carbonyl (C=O) groups is 1. The highest BCUT2D eigenvalue weighted by Gasteiger charge is 2.63. The Morgan fingerprint density at radius 1 is 1.19 bits per heavy atom. The summed E-state index contributed by atoms with van der Waals surface area (Å²) in [6.45, 7) is 9.38. The predicted octanol–water partition coefficient (Wildman–Crippen LogP) is 3.54. The lowest BCUT2D eigenvalue weighted by Gasteiger charge is -2.64. The lowest BCUT2D eigenvalue weighted by atomic mass is 9.49. The number of halogens is 3. The van der Waals surface area contributed by atoms with Gasteiger partial charge in [0.15, 0.2) is 0 Å². The second-order valence-electron chi connectivity index (χ2n) is 8.57. The van der Waals surface area contributed by atoms with Gasteiger partial charge < -0.3 is 10.1 Å². The third kappa shape index (κ3) is 4.15. The number of rotatable bonds is 4. The van der Waals surface area contributed by atoms with Gasteiger partial charge in [-0.05, 0) is 12.8 Å². The molecule has 3 unspecified atom stereocenters. The summed E-state index contributed by atoms with van der Waals surface area (Å²) >= 11 is 0. The minimum absolute atomic E-state index is 0.0329. The van der Waals surface area contributed by atoms with Gasteiger partial charge in [-0.3, -0.25) is 9.53 Å². The highest BCUT2D eigenvalue weighted by molar-refractivity contribution is 5.73. The lowest BCUT2D eigenvalue weighted by Crippen LogP contribution is -2.74. The standard InChI is InChI=1S/C18H27F3N2O3/c1-10(24)23-14-16(2,3)15(17(14,4)5)25-12-7-6-11(9-22)13(8-12)26-18(19,20)21/h11-15H,6-8H2,1-5H3,(H,23,24). The molecular formula is C18H27F3N2O3. The van der Waals surface area contributed by atoms with Crippen LogP contribution in [0.15, 0.2) is 0 Å². The van der Waals surface area contributed by atoms with Crippen molar-refractivity contribution in [3.8, 4) is 6.07 Å². The molecule has 2 fully saturated rings. The average molecular weight is 376 g/mol. The van der Waals surface area contributed by atoms with Gasteiger partial charge in [-0.15, -0.1) is 13.2 Å². The van der Waals surface area contributed by atoms with Gasteiger partial charge in [-0.1, -0.05) is 27.7 Å². The van der Waals surface area contributed by atoms with Crippen molar-refractivity contribution in [1.82, 2.24) is 5.32 Å². The van der Waals surface area contributed by atoms with E-state index in [4.69, 9.17) is 10.00 Å². The lowest BCUT2D eigenvalue weighted by molar-refractivity contribution is -0.353. The largest absolute Gasteiger partial charge is 0.522 e. The predicted molar refractivity (Wildman–Crippen MR) is 87.7 cm³/mol.